The Bertz CT molecular complexity index is 313. The van der Waals surface area contributed by atoms with Crippen molar-refractivity contribution in [3.05, 3.63) is 35.9 Å². The van der Waals surface area contributed by atoms with Gasteiger partial charge in [0, 0.05) is 0 Å². The molecule has 0 bridgehead atoms. The van der Waals surface area contributed by atoms with Crippen LogP contribution in [0.1, 0.15) is 12.0 Å². The molecule has 15 heavy (non-hydrogen) atoms. The Kier molecular flexibility index (Phi) is 4.78. The summed E-state index contributed by atoms with van der Waals surface area (Å²) in [5.41, 5.74) is 1.10. The number of carboxylic acid groups (broad SMARTS) is 1. The Morgan fingerprint density at radius 2 is 1.93 bits per heavy atom. The van der Waals surface area contributed by atoms with Gasteiger partial charge in [-0.05, 0) is 18.4 Å². The highest BCUT2D eigenvalue weighted by Crippen LogP contribution is 2.12. The first-order valence-corrected chi connectivity index (χ1v) is 5.61. The van der Waals surface area contributed by atoms with Crippen LogP contribution in [0.2, 0.25) is 0 Å². The van der Waals surface area contributed by atoms with Gasteiger partial charge in [-0.1, -0.05) is 46.3 Å². The predicted octanol–water partition coefficient (Wildman–Crippen LogP) is 1.83. The Morgan fingerprint density at radius 1 is 1.33 bits per heavy atom. The van der Waals surface area contributed by atoms with E-state index in [1.165, 1.54) is 0 Å². The number of aliphatic hydroxyl groups excluding tert-OH is 1. The first-order chi connectivity index (χ1) is 7.11. The number of hydrogen-bond acceptors (Lipinski definition) is 2. The Labute approximate surface area is 96.9 Å². The molecule has 0 amide bonds. The number of alkyl halides is 1. The normalized spacial score (nSPS) is 14.5. The highest BCUT2D eigenvalue weighted by molar-refractivity contribution is 9.10. The minimum Gasteiger partial charge on any atom is -0.480 e. The van der Waals surface area contributed by atoms with Crippen molar-refractivity contribution >= 4 is 21.9 Å². The molecular weight excluding hydrogens is 260 g/mol. The second-order valence-electron chi connectivity index (χ2n) is 3.33. The minimum atomic E-state index is -1.03. The Balaban J connectivity index is 2.41. The van der Waals surface area contributed by atoms with E-state index in [-0.39, 0.29) is 0 Å². The fourth-order valence-electron chi connectivity index (χ4n) is 1.27. The molecule has 0 spiro atoms. The maximum Gasteiger partial charge on any atom is 0.319 e. The number of rotatable bonds is 5. The van der Waals surface area contributed by atoms with E-state index >= 15 is 0 Å². The van der Waals surface area contributed by atoms with E-state index < -0.39 is 16.9 Å². The van der Waals surface area contributed by atoms with Crippen molar-refractivity contribution in [2.75, 3.05) is 0 Å². The number of hydrogen-bond donors (Lipinski definition) is 2. The average Bonchev–Trinajstić information content (AvgIpc) is 2.26. The van der Waals surface area contributed by atoms with E-state index in [0.717, 1.165) is 5.56 Å². The SMILES string of the molecule is O=C(O)[C@@H](Br)[C@@H](O)CCc1ccccc1. The number of aryl methyl sites for hydroxylation is 1. The highest BCUT2D eigenvalue weighted by Gasteiger charge is 2.22. The molecule has 2 N–H and O–H groups in total. The minimum absolute atomic E-state index is 0.437. The van der Waals surface area contributed by atoms with Gasteiger partial charge in [-0.15, -0.1) is 0 Å². The zero-order valence-electron chi connectivity index (χ0n) is 8.14. The van der Waals surface area contributed by atoms with Crippen molar-refractivity contribution < 1.29 is 15.0 Å². The van der Waals surface area contributed by atoms with Crippen molar-refractivity contribution in [1.29, 1.82) is 0 Å². The van der Waals surface area contributed by atoms with Gasteiger partial charge in [0.05, 0.1) is 6.10 Å². The van der Waals surface area contributed by atoms with Crippen LogP contribution in [0.3, 0.4) is 0 Å². The fraction of sp³-hybridized carbons (Fsp3) is 0.364. The molecule has 0 heterocycles. The van der Waals surface area contributed by atoms with Gasteiger partial charge in [0.15, 0.2) is 0 Å². The lowest BCUT2D eigenvalue weighted by Gasteiger charge is -2.12. The number of halogens is 1. The van der Waals surface area contributed by atoms with Gasteiger partial charge in [0.25, 0.3) is 0 Å². The van der Waals surface area contributed by atoms with Crippen LogP contribution in [-0.4, -0.2) is 27.1 Å². The molecule has 0 fully saturated rings. The number of carboxylic acids is 1. The van der Waals surface area contributed by atoms with Crippen molar-refractivity contribution in [3.8, 4) is 0 Å². The largest absolute Gasteiger partial charge is 0.480 e. The summed E-state index contributed by atoms with van der Waals surface area (Å²) >= 11 is 2.93. The average molecular weight is 273 g/mol. The molecule has 2 atom stereocenters. The summed E-state index contributed by atoms with van der Waals surface area (Å²) in [4.78, 5) is 9.66. The van der Waals surface area contributed by atoms with E-state index in [4.69, 9.17) is 5.11 Å². The summed E-state index contributed by atoms with van der Waals surface area (Å²) in [5, 5.41) is 18.2. The third kappa shape index (κ3) is 4.01. The Hall–Kier alpha value is -0.870. The summed E-state index contributed by atoms with van der Waals surface area (Å²) < 4.78 is 0. The number of carbonyl (C=O) groups is 1. The lowest BCUT2D eigenvalue weighted by molar-refractivity contribution is -0.138. The molecule has 1 rings (SSSR count). The fourth-order valence-corrected chi connectivity index (χ4v) is 1.53. The summed E-state index contributed by atoms with van der Waals surface area (Å²) in [7, 11) is 0. The maximum absolute atomic E-state index is 10.5. The van der Waals surface area contributed by atoms with Crippen LogP contribution in [0.15, 0.2) is 30.3 Å². The van der Waals surface area contributed by atoms with Gasteiger partial charge in [-0.2, -0.15) is 0 Å². The van der Waals surface area contributed by atoms with Gasteiger partial charge in [-0.3, -0.25) is 4.79 Å². The molecule has 0 aliphatic rings. The van der Waals surface area contributed by atoms with E-state index in [1.54, 1.807) is 0 Å². The van der Waals surface area contributed by atoms with Crippen LogP contribution in [0.5, 0.6) is 0 Å². The molecule has 0 radical (unpaired) electrons. The summed E-state index contributed by atoms with van der Waals surface area (Å²) in [6.07, 6.45) is 0.256. The third-order valence-electron chi connectivity index (χ3n) is 2.15. The molecule has 82 valence electrons. The smallest absolute Gasteiger partial charge is 0.319 e. The monoisotopic (exact) mass is 272 g/mol. The lowest BCUT2D eigenvalue weighted by Crippen LogP contribution is -2.28. The molecule has 0 saturated carbocycles. The molecule has 0 aliphatic heterocycles. The van der Waals surface area contributed by atoms with Crippen LogP contribution in [0.4, 0.5) is 0 Å². The third-order valence-corrected chi connectivity index (χ3v) is 3.15. The number of aliphatic carboxylic acids is 1. The van der Waals surface area contributed by atoms with Gasteiger partial charge in [0.2, 0.25) is 0 Å². The first kappa shape index (κ1) is 12.2. The Morgan fingerprint density at radius 3 is 2.47 bits per heavy atom. The molecule has 0 unspecified atom stereocenters. The maximum atomic E-state index is 10.5. The molecule has 1 aromatic carbocycles. The van der Waals surface area contributed by atoms with Crippen molar-refractivity contribution in [2.45, 2.75) is 23.8 Å². The molecule has 3 nitrogen and oxygen atoms in total. The molecular formula is C11H13BrO3. The van der Waals surface area contributed by atoms with Crippen LogP contribution in [0, 0.1) is 0 Å². The van der Waals surface area contributed by atoms with Crippen molar-refractivity contribution in [1.82, 2.24) is 0 Å². The predicted molar refractivity (Wildman–Crippen MR) is 61.1 cm³/mol. The van der Waals surface area contributed by atoms with Gasteiger partial charge >= 0.3 is 5.97 Å². The van der Waals surface area contributed by atoms with E-state index in [1.807, 2.05) is 30.3 Å². The van der Waals surface area contributed by atoms with Crippen LogP contribution >= 0.6 is 15.9 Å². The summed E-state index contributed by atoms with van der Waals surface area (Å²) in [6, 6.07) is 9.67. The highest BCUT2D eigenvalue weighted by atomic mass is 79.9. The quantitative estimate of drug-likeness (QED) is 0.805. The standard InChI is InChI=1S/C11H13BrO3/c12-10(11(14)15)9(13)7-6-8-4-2-1-3-5-8/h1-5,9-10,13H,6-7H2,(H,14,15)/t9-,10-/m0/s1. The topological polar surface area (TPSA) is 57.5 Å². The zero-order chi connectivity index (χ0) is 11.3. The van der Waals surface area contributed by atoms with Crippen molar-refractivity contribution in [3.63, 3.8) is 0 Å². The van der Waals surface area contributed by atoms with E-state index in [9.17, 15) is 9.90 Å². The van der Waals surface area contributed by atoms with Gasteiger partial charge < -0.3 is 10.2 Å². The van der Waals surface area contributed by atoms with Crippen LogP contribution in [-0.2, 0) is 11.2 Å². The van der Waals surface area contributed by atoms with Crippen LogP contribution in [0.25, 0.3) is 0 Å². The van der Waals surface area contributed by atoms with E-state index in [2.05, 4.69) is 15.9 Å². The first-order valence-electron chi connectivity index (χ1n) is 4.70. The lowest BCUT2D eigenvalue weighted by atomic mass is 10.1. The second-order valence-corrected chi connectivity index (χ2v) is 4.32. The summed E-state index contributed by atoms with van der Waals surface area (Å²) in [6.45, 7) is 0. The van der Waals surface area contributed by atoms with E-state index in [0.29, 0.717) is 12.8 Å². The number of aliphatic hydroxyl groups is 1. The summed E-state index contributed by atoms with van der Waals surface area (Å²) in [5.74, 6) is -1.03. The van der Waals surface area contributed by atoms with Crippen LogP contribution < -0.4 is 0 Å². The molecule has 4 heteroatoms. The van der Waals surface area contributed by atoms with Gasteiger partial charge in [0.1, 0.15) is 4.83 Å². The molecule has 0 aliphatic carbocycles. The number of benzene rings is 1. The zero-order valence-corrected chi connectivity index (χ0v) is 9.72. The molecule has 1 aromatic rings. The molecule has 0 saturated heterocycles. The van der Waals surface area contributed by atoms with Gasteiger partial charge in [-0.25, -0.2) is 0 Å². The van der Waals surface area contributed by atoms with Crippen molar-refractivity contribution in [2.24, 2.45) is 0 Å². The second kappa shape index (κ2) is 5.88. The molecule has 0 aromatic heterocycles.